The van der Waals surface area contributed by atoms with Gasteiger partial charge in [0.1, 0.15) is 26.3 Å². The first kappa shape index (κ1) is 25.2. The van der Waals surface area contributed by atoms with Gasteiger partial charge in [-0.05, 0) is 44.0 Å². The highest BCUT2D eigenvalue weighted by Crippen LogP contribution is 2.12. The van der Waals surface area contributed by atoms with Crippen LogP contribution in [0.2, 0.25) is 19.6 Å². The maximum Gasteiger partial charge on any atom is 0.408 e. The normalized spacial score (nSPS) is 12.2. The molecule has 0 aliphatic heterocycles. The molecule has 5 nitrogen and oxygen atoms in total. The monoisotopic (exact) mass is 451 g/mol. The molecule has 0 heterocycles. The fourth-order valence-electron chi connectivity index (χ4n) is 2.69. The molecule has 2 rings (SSSR count). The van der Waals surface area contributed by atoms with Crippen molar-refractivity contribution in [1.82, 2.24) is 5.32 Å². The lowest BCUT2D eigenvalue weighted by atomic mass is 10.0. The zero-order chi connectivity index (χ0) is 23.8. The summed E-state index contributed by atoms with van der Waals surface area (Å²) in [5.74, 6) is 2.70. The minimum atomic E-state index is -1.45. The number of amides is 1. The Bertz CT molecular complexity index is 961. The molecular weight excluding hydrogens is 418 g/mol. The Morgan fingerprint density at radius 1 is 0.969 bits per heavy atom. The summed E-state index contributed by atoms with van der Waals surface area (Å²) in [7, 11) is -1.45. The number of hydrogen-bond acceptors (Lipinski definition) is 4. The van der Waals surface area contributed by atoms with E-state index in [1.165, 1.54) is 0 Å². The Morgan fingerprint density at radius 2 is 1.59 bits per heavy atom. The fraction of sp³-hybridized carbons (Fsp3) is 0.385. The van der Waals surface area contributed by atoms with Gasteiger partial charge in [0.05, 0.1) is 0 Å². The molecule has 6 heteroatoms. The van der Waals surface area contributed by atoms with E-state index >= 15 is 0 Å². The third-order valence-electron chi connectivity index (χ3n) is 4.18. The van der Waals surface area contributed by atoms with Gasteiger partial charge in [0.15, 0.2) is 0 Å². The van der Waals surface area contributed by atoms with E-state index in [0.717, 1.165) is 16.7 Å². The van der Waals surface area contributed by atoms with Gasteiger partial charge in [-0.2, -0.15) is 0 Å². The highest BCUT2D eigenvalue weighted by molar-refractivity contribution is 6.83. The number of benzene rings is 2. The first-order valence-corrected chi connectivity index (χ1v) is 14.2. The first-order chi connectivity index (χ1) is 14.9. The summed E-state index contributed by atoms with van der Waals surface area (Å²) in [6.07, 6.45) is -0.369. The molecule has 0 spiro atoms. The summed E-state index contributed by atoms with van der Waals surface area (Å²) < 4.78 is 10.8. The molecule has 0 saturated heterocycles. The van der Waals surface area contributed by atoms with Crippen LogP contribution in [-0.4, -0.2) is 31.8 Å². The molecule has 1 atom stereocenters. The number of ether oxygens (including phenoxy) is 2. The van der Waals surface area contributed by atoms with Crippen molar-refractivity contribution in [3.05, 3.63) is 71.3 Å². The van der Waals surface area contributed by atoms with Gasteiger partial charge >= 0.3 is 12.1 Å². The summed E-state index contributed by atoms with van der Waals surface area (Å²) in [5.41, 5.74) is 5.37. The van der Waals surface area contributed by atoms with E-state index in [-0.39, 0.29) is 13.0 Å². The Morgan fingerprint density at radius 3 is 2.16 bits per heavy atom. The quantitative estimate of drug-likeness (QED) is 0.377. The molecule has 2 aromatic carbocycles. The first-order valence-electron chi connectivity index (χ1n) is 10.7. The van der Waals surface area contributed by atoms with E-state index in [1.807, 2.05) is 54.6 Å². The van der Waals surface area contributed by atoms with Crippen LogP contribution in [0.4, 0.5) is 4.79 Å². The topological polar surface area (TPSA) is 64.6 Å². The number of carbonyl (C=O) groups excluding carboxylic acids is 2. The van der Waals surface area contributed by atoms with Crippen molar-refractivity contribution in [2.24, 2.45) is 0 Å². The Labute approximate surface area is 192 Å². The number of carbonyl (C=O) groups is 2. The van der Waals surface area contributed by atoms with Gasteiger partial charge in [-0.3, -0.25) is 0 Å². The summed E-state index contributed by atoms with van der Waals surface area (Å²) in [6, 6.07) is 16.3. The van der Waals surface area contributed by atoms with Crippen molar-refractivity contribution in [3.8, 4) is 11.5 Å². The van der Waals surface area contributed by atoms with Gasteiger partial charge in [-0.25, -0.2) is 9.59 Å². The van der Waals surface area contributed by atoms with Gasteiger partial charge in [-0.15, -0.1) is 5.54 Å². The molecule has 32 heavy (non-hydrogen) atoms. The smallest absolute Gasteiger partial charge is 0.408 e. The summed E-state index contributed by atoms with van der Waals surface area (Å²) in [6.45, 7) is 12.0. The Kier molecular flexibility index (Phi) is 8.68. The second-order valence-electron chi connectivity index (χ2n) is 9.69. The van der Waals surface area contributed by atoms with Crippen LogP contribution in [0.3, 0.4) is 0 Å². The van der Waals surface area contributed by atoms with Crippen LogP contribution >= 0.6 is 0 Å². The van der Waals surface area contributed by atoms with Gasteiger partial charge in [-0.1, -0.05) is 68.0 Å². The molecule has 1 amide bonds. The van der Waals surface area contributed by atoms with E-state index in [4.69, 9.17) is 9.47 Å². The number of alkyl carbamates (subject to hydrolysis) is 1. The molecule has 0 bridgehead atoms. The van der Waals surface area contributed by atoms with Crippen molar-refractivity contribution >= 4 is 20.1 Å². The van der Waals surface area contributed by atoms with Crippen LogP contribution < -0.4 is 5.32 Å². The number of rotatable bonds is 6. The van der Waals surface area contributed by atoms with Gasteiger partial charge in [0.2, 0.25) is 0 Å². The lowest BCUT2D eigenvalue weighted by Gasteiger charge is -2.23. The van der Waals surface area contributed by atoms with Gasteiger partial charge in [0.25, 0.3) is 0 Å². The van der Waals surface area contributed by atoms with Crippen molar-refractivity contribution < 1.29 is 19.1 Å². The second-order valence-corrected chi connectivity index (χ2v) is 14.4. The van der Waals surface area contributed by atoms with E-state index in [1.54, 1.807) is 20.8 Å². The fourth-order valence-corrected chi connectivity index (χ4v) is 3.21. The second kappa shape index (κ2) is 11.0. The van der Waals surface area contributed by atoms with Crippen molar-refractivity contribution in [2.75, 3.05) is 0 Å². The van der Waals surface area contributed by atoms with Crippen molar-refractivity contribution in [1.29, 1.82) is 0 Å². The van der Waals surface area contributed by atoms with E-state index in [0.29, 0.717) is 0 Å². The molecule has 2 aromatic rings. The lowest BCUT2D eigenvalue weighted by Crippen LogP contribution is -2.45. The van der Waals surface area contributed by atoms with Crippen LogP contribution in [0, 0.1) is 11.5 Å². The summed E-state index contributed by atoms with van der Waals surface area (Å²) in [4.78, 5) is 25.1. The minimum Gasteiger partial charge on any atom is -0.459 e. The van der Waals surface area contributed by atoms with Gasteiger partial charge in [0, 0.05) is 12.0 Å². The average Bonchev–Trinajstić information content (AvgIpc) is 2.70. The SMILES string of the molecule is CC(C)(C)OC(=O)N[C@@H](Cc1ccc(C#C[Si](C)(C)C)cc1)C(=O)OCc1ccccc1. The molecule has 0 aliphatic carbocycles. The molecular formula is C26H33NO4Si. The molecule has 1 N–H and O–H groups in total. The maximum absolute atomic E-state index is 12.8. The van der Waals surface area contributed by atoms with Crippen molar-refractivity contribution in [2.45, 2.75) is 65.1 Å². The van der Waals surface area contributed by atoms with Crippen LogP contribution in [0.15, 0.2) is 54.6 Å². The molecule has 0 aliphatic rings. The van der Waals surface area contributed by atoms with Crippen LogP contribution in [0.1, 0.15) is 37.5 Å². The zero-order valence-electron chi connectivity index (χ0n) is 19.8. The molecule has 0 saturated carbocycles. The van der Waals surface area contributed by atoms with E-state index in [2.05, 4.69) is 36.4 Å². The molecule has 170 valence electrons. The number of hydrogen-bond donors (Lipinski definition) is 1. The Hall–Kier alpha value is -3.04. The Balaban J connectivity index is 2.11. The third kappa shape index (κ3) is 9.84. The van der Waals surface area contributed by atoms with Crippen molar-refractivity contribution in [3.63, 3.8) is 0 Å². The van der Waals surface area contributed by atoms with E-state index in [9.17, 15) is 9.59 Å². The molecule has 0 unspecified atom stereocenters. The van der Waals surface area contributed by atoms with Crippen LogP contribution in [0.5, 0.6) is 0 Å². The number of nitrogens with one attached hydrogen (secondary N) is 1. The predicted octanol–water partition coefficient (Wildman–Crippen LogP) is 5.09. The minimum absolute atomic E-state index is 0.136. The maximum atomic E-state index is 12.8. The van der Waals surface area contributed by atoms with E-state index < -0.39 is 31.8 Å². The highest BCUT2D eigenvalue weighted by Gasteiger charge is 2.26. The summed E-state index contributed by atoms with van der Waals surface area (Å²) in [5, 5.41) is 2.66. The summed E-state index contributed by atoms with van der Waals surface area (Å²) >= 11 is 0. The zero-order valence-corrected chi connectivity index (χ0v) is 20.8. The highest BCUT2D eigenvalue weighted by atomic mass is 28.3. The van der Waals surface area contributed by atoms with Crippen LogP contribution in [0.25, 0.3) is 0 Å². The standard InChI is InChI=1S/C26H33NO4Si/c1-26(2,3)31-25(29)27-23(24(28)30-19-22-10-8-7-9-11-22)18-21-14-12-20(13-15-21)16-17-32(4,5)6/h7-15,23H,18-19H2,1-6H3,(H,27,29)/t23-/m0/s1. The lowest BCUT2D eigenvalue weighted by molar-refractivity contribution is -0.147. The molecule has 0 fully saturated rings. The predicted molar refractivity (Wildman–Crippen MR) is 130 cm³/mol. The third-order valence-corrected chi connectivity index (χ3v) is 5.05. The molecule has 0 aromatic heterocycles. The molecule has 0 radical (unpaired) electrons. The van der Waals surface area contributed by atoms with Crippen LogP contribution in [-0.2, 0) is 27.3 Å². The largest absolute Gasteiger partial charge is 0.459 e. The number of esters is 1. The average molecular weight is 452 g/mol. The van der Waals surface area contributed by atoms with Gasteiger partial charge < -0.3 is 14.8 Å².